The van der Waals surface area contributed by atoms with Crippen LogP contribution in [-0.4, -0.2) is 41.6 Å². The van der Waals surface area contributed by atoms with E-state index in [9.17, 15) is 14.7 Å². The van der Waals surface area contributed by atoms with Gasteiger partial charge in [0.1, 0.15) is 5.75 Å². The number of aryl methyl sites for hydroxylation is 1. The van der Waals surface area contributed by atoms with E-state index < -0.39 is 11.4 Å². The second kappa shape index (κ2) is 8.18. The number of hydrogen-bond acceptors (Lipinski definition) is 3. The quantitative estimate of drug-likeness (QED) is 0.832. The molecule has 5 heteroatoms. The maximum absolute atomic E-state index is 12.4. The van der Waals surface area contributed by atoms with Crippen LogP contribution in [0.25, 0.3) is 0 Å². The van der Waals surface area contributed by atoms with Gasteiger partial charge in [0.2, 0.25) is 5.91 Å². The molecule has 1 amide bonds. The number of amides is 1. The summed E-state index contributed by atoms with van der Waals surface area (Å²) in [4.78, 5) is 25.5. The topological polar surface area (TPSA) is 66.8 Å². The Bertz CT molecular complexity index is 569. The van der Waals surface area contributed by atoms with Gasteiger partial charge in [-0.3, -0.25) is 9.59 Å². The molecular formula is C19H27NO4. The maximum atomic E-state index is 12.4. The van der Waals surface area contributed by atoms with E-state index in [0.717, 1.165) is 24.2 Å². The van der Waals surface area contributed by atoms with Gasteiger partial charge < -0.3 is 14.7 Å². The number of aliphatic carboxylic acids is 1. The van der Waals surface area contributed by atoms with Gasteiger partial charge in [-0.25, -0.2) is 0 Å². The molecule has 0 aliphatic carbocycles. The first-order valence-corrected chi connectivity index (χ1v) is 8.67. The SMILES string of the molecule is CCCOc1ccc(CCC(=O)N2CCCC(C)(C(=O)O)C2)cc1. The number of carbonyl (C=O) groups excluding carboxylic acids is 1. The number of rotatable bonds is 7. The summed E-state index contributed by atoms with van der Waals surface area (Å²) in [5.74, 6) is 0.0661. The van der Waals surface area contributed by atoms with Crippen molar-refractivity contribution in [3.63, 3.8) is 0 Å². The molecule has 0 radical (unpaired) electrons. The summed E-state index contributed by atoms with van der Waals surface area (Å²) in [5, 5.41) is 9.34. The average molecular weight is 333 g/mol. The van der Waals surface area contributed by atoms with Gasteiger partial charge in [0.25, 0.3) is 0 Å². The van der Waals surface area contributed by atoms with Gasteiger partial charge >= 0.3 is 5.97 Å². The van der Waals surface area contributed by atoms with Gasteiger partial charge in [-0.15, -0.1) is 0 Å². The molecule has 2 rings (SSSR count). The van der Waals surface area contributed by atoms with Crippen LogP contribution < -0.4 is 4.74 Å². The van der Waals surface area contributed by atoms with Crippen LogP contribution >= 0.6 is 0 Å². The van der Waals surface area contributed by atoms with Crippen LogP contribution in [0.5, 0.6) is 5.75 Å². The second-order valence-corrected chi connectivity index (χ2v) is 6.78. The molecule has 1 saturated heterocycles. The average Bonchev–Trinajstić information content (AvgIpc) is 2.58. The maximum Gasteiger partial charge on any atom is 0.311 e. The van der Waals surface area contributed by atoms with Gasteiger partial charge in [0.15, 0.2) is 0 Å². The summed E-state index contributed by atoms with van der Waals surface area (Å²) in [5.41, 5.74) is 0.275. The fraction of sp³-hybridized carbons (Fsp3) is 0.579. The Kier molecular flexibility index (Phi) is 6.23. The number of carboxylic acids is 1. The summed E-state index contributed by atoms with van der Waals surface area (Å²) in [6, 6.07) is 7.82. The summed E-state index contributed by atoms with van der Waals surface area (Å²) in [6.07, 6.45) is 3.42. The Balaban J connectivity index is 1.85. The fourth-order valence-electron chi connectivity index (χ4n) is 3.01. The zero-order valence-corrected chi connectivity index (χ0v) is 14.6. The lowest BCUT2D eigenvalue weighted by Crippen LogP contribution is -2.48. The summed E-state index contributed by atoms with van der Waals surface area (Å²) in [7, 11) is 0. The molecule has 132 valence electrons. The van der Waals surface area contributed by atoms with E-state index in [1.807, 2.05) is 24.3 Å². The van der Waals surface area contributed by atoms with Crippen molar-refractivity contribution in [2.24, 2.45) is 5.41 Å². The summed E-state index contributed by atoms with van der Waals surface area (Å²) in [6.45, 7) is 5.46. The highest BCUT2D eigenvalue weighted by atomic mass is 16.5. The van der Waals surface area contributed by atoms with E-state index in [0.29, 0.717) is 39.0 Å². The number of likely N-dealkylation sites (tertiary alicyclic amines) is 1. The van der Waals surface area contributed by atoms with Gasteiger partial charge in [-0.2, -0.15) is 0 Å². The van der Waals surface area contributed by atoms with Crippen LogP contribution in [0.4, 0.5) is 0 Å². The Hall–Kier alpha value is -2.04. The van der Waals surface area contributed by atoms with E-state index in [1.54, 1.807) is 11.8 Å². The van der Waals surface area contributed by atoms with Crippen LogP contribution in [0.2, 0.25) is 0 Å². The Morgan fingerprint density at radius 3 is 2.62 bits per heavy atom. The number of piperidine rings is 1. The van der Waals surface area contributed by atoms with Crippen molar-refractivity contribution < 1.29 is 19.4 Å². The largest absolute Gasteiger partial charge is 0.494 e. The number of hydrogen-bond donors (Lipinski definition) is 1. The molecule has 1 aromatic carbocycles. The lowest BCUT2D eigenvalue weighted by Gasteiger charge is -2.37. The van der Waals surface area contributed by atoms with E-state index >= 15 is 0 Å². The minimum Gasteiger partial charge on any atom is -0.494 e. The van der Waals surface area contributed by atoms with Crippen molar-refractivity contribution >= 4 is 11.9 Å². The first-order chi connectivity index (χ1) is 11.4. The summed E-state index contributed by atoms with van der Waals surface area (Å²) >= 11 is 0. The van der Waals surface area contributed by atoms with Crippen LogP contribution in [0.1, 0.15) is 45.1 Å². The highest BCUT2D eigenvalue weighted by Gasteiger charge is 2.39. The highest BCUT2D eigenvalue weighted by molar-refractivity contribution is 5.79. The smallest absolute Gasteiger partial charge is 0.311 e. The first-order valence-electron chi connectivity index (χ1n) is 8.67. The third-order valence-corrected chi connectivity index (χ3v) is 4.59. The predicted octanol–water partition coefficient (Wildman–Crippen LogP) is 3.12. The van der Waals surface area contributed by atoms with Gasteiger partial charge in [0, 0.05) is 19.5 Å². The third kappa shape index (κ3) is 4.73. The molecule has 1 aliphatic heterocycles. The van der Waals surface area contributed by atoms with Gasteiger partial charge in [-0.1, -0.05) is 19.1 Å². The molecular weight excluding hydrogens is 306 g/mol. The molecule has 1 atom stereocenters. The lowest BCUT2D eigenvalue weighted by molar-refractivity contribution is -0.153. The molecule has 0 spiro atoms. The van der Waals surface area contributed by atoms with Crippen molar-refractivity contribution in [3.8, 4) is 5.75 Å². The van der Waals surface area contributed by atoms with Crippen molar-refractivity contribution in [1.29, 1.82) is 0 Å². The number of nitrogens with zero attached hydrogens (tertiary/aromatic N) is 1. The van der Waals surface area contributed by atoms with Crippen LogP contribution in [0.3, 0.4) is 0 Å². The van der Waals surface area contributed by atoms with E-state index in [1.165, 1.54) is 0 Å². The minimum absolute atomic E-state index is 0.0356. The van der Waals surface area contributed by atoms with E-state index in [-0.39, 0.29) is 5.91 Å². The molecule has 1 aromatic rings. The first kappa shape index (κ1) is 18.3. The van der Waals surface area contributed by atoms with E-state index in [2.05, 4.69) is 6.92 Å². The number of carbonyl (C=O) groups is 2. The lowest BCUT2D eigenvalue weighted by atomic mass is 9.82. The third-order valence-electron chi connectivity index (χ3n) is 4.59. The molecule has 1 heterocycles. The normalized spacial score (nSPS) is 20.7. The molecule has 5 nitrogen and oxygen atoms in total. The molecule has 1 unspecified atom stereocenters. The van der Waals surface area contributed by atoms with Crippen molar-refractivity contribution in [2.75, 3.05) is 19.7 Å². The predicted molar refractivity (Wildman–Crippen MR) is 92.1 cm³/mol. The summed E-state index contributed by atoms with van der Waals surface area (Å²) < 4.78 is 5.55. The van der Waals surface area contributed by atoms with Gasteiger partial charge in [-0.05, 0) is 50.3 Å². The molecule has 1 fully saturated rings. The van der Waals surface area contributed by atoms with E-state index in [4.69, 9.17) is 4.74 Å². The zero-order valence-electron chi connectivity index (χ0n) is 14.6. The monoisotopic (exact) mass is 333 g/mol. The Labute approximate surface area is 143 Å². The molecule has 0 bridgehead atoms. The number of ether oxygens (including phenoxy) is 1. The minimum atomic E-state index is -0.817. The molecule has 1 N–H and O–H groups in total. The number of carboxylic acid groups (broad SMARTS) is 1. The molecule has 24 heavy (non-hydrogen) atoms. The Morgan fingerprint density at radius 1 is 1.29 bits per heavy atom. The number of benzene rings is 1. The van der Waals surface area contributed by atoms with Gasteiger partial charge in [0.05, 0.1) is 12.0 Å². The van der Waals surface area contributed by atoms with Crippen LogP contribution in [0, 0.1) is 5.41 Å². The van der Waals surface area contributed by atoms with Crippen LogP contribution in [0.15, 0.2) is 24.3 Å². The standard InChI is InChI=1S/C19H27NO4/c1-3-13-24-16-8-5-15(6-9-16)7-10-17(21)20-12-4-11-19(2,14-20)18(22)23/h5-6,8-9H,3-4,7,10-14H2,1-2H3,(H,22,23). The molecule has 0 saturated carbocycles. The Morgan fingerprint density at radius 2 is 2.00 bits per heavy atom. The fourth-order valence-corrected chi connectivity index (χ4v) is 3.01. The highest BCUT2D eigenvalue weighted by Crippen LogP contribution is 2.30. The second-order valence-electron chi connectivity index (χ2n) is 6.78. The van der Waals surface area contributed by atoms with Crippen LogP contribution in [-0.2, 0) is 16.0 Å². The zero-order chi connectivity index (χ0) is 17.6. The molecule has 1 aliphatic rings. The van der Waals surface area contributed by atoms with Crippen molar-refractivity contribution in [3.05, 3.63) is 29.8 Å². The molecule has 0 aromatic heterocycles. The van der Waals surface area contributed by atoms with Crippen molar-refractivity contribution in [1.82, 2.24) is 4.90 Å². The van der Waals surface area contributed by atoms with Crippen molar-refractivity contribution in [2.45, 2.75) is 46.0 Å².